The van der Waals surface area contributed by atoms with Crippen LogP contribution in [0, 0.1) is 6.92 Å². The number of halogens is 2. The van der Waals surface area contributed by atoms with Crippen molar-refractivity contribution in [2.45, 2.75) is 26.3 Å². The Hall–Kier alpha value is -2.02. The van der Waals surface area contributed by atoms with Gasteiger partial charge in [0.25, 0.3) is 0 Å². The Morgan fingerprint density at radius 2 is 2.00 bits per heavy atom. The van der Waals surface area contributed by atoms with Crippen molar-refractivity contribution in [1.29, 1.82) is 0 Å². The molecule has 3 N–H and O–H groups in total. The molecule has 0 saturated carbocycles. The van der Waals surface area contributed by atoms with E-state index in [9.17, 15) is 4.79 Å². The maximum Gasteiger partial charge on any atom is 0.241 e. The predicted molar refractivity (Wildman–Crippen MR) is 103 cm³/mol. The molecule has 0 aliphatic carbocycles. The SMILES string of the molecule is CCC(N)C(=O)Nc1ccc(Oc2ccc(C)c(OC)c2)nc1.Cl.Cl. The van der Waals surface area contributed by atoms with Crippen LogP contribution in [0.4, 0.5) is 5.69 Å². The number of carbonyl (C=O) groups excluding carboxylic acids is 1. The van der Waals surface area contributed by atoms with Gasteiger partial charge in [-0.2, -0.15) is 0 Å². The van der Waals surface area contributed by atoms with Crippen molar-refractivity contribution in [1.82, 2.24) is 4.98 Å². The monoisotopic (exact) mass is 387 g/mol. The number of aryl methyl sites for hydroxylation is 1. The van der Waals surface area contributed by atoms with E-state index in [1.165, 1.54) is 6.20 Å². The highest BCUT2D eigenvalue weighted by Gasteiger charge is 2.11. The fourth-order valence-corrected chi connectivity index (χ4v) is 1.92. The van der Waals surface area contributed by atoms with Gasteiger partial charge in [0.05, 0.1) is 25.0 Å². The number of nitrogens with zero attached hydrogens (tertiary/aromatic N) is 1. The van der Waals surface area contributed by atoms with Gasteiger partial charge >= 0.3 is 0 Å². The quantitative estimate of drug-likeness (QED) is 0.788. The number of ether oxygens (including phenoxy) is 2. The number of pyridine rings is 1. The predicted octanol–water partition coefficient (Wildman–Crippen LogP) is 3.71. The van der Waals surface area contributed by atoms with E-state index >= 15 is 0 Å². The van der Waals surface area contributed by atoms with E-state index in [1.807, 2.05) is 26.0 Å². The summed E-state index contributed by atoms with van der Waals surface area (Å²) in [4.78, 5) is 15.9. The molecule has 2 aromatic rings. The molecule has 0 spiro atoms. The minimum atomic E-state index is -0.522. The van der Waals surface area contributed by atoms with Crippen LogP contribution in [0.5, 0.6) is 17.4 Å². The van der Waals surface area contributed by atoms with Gasteiger partial charge in [0, 0.05) is 12.1 Å². The molecule has 1 heterocycles. The fraction of sp³-hybridized carbons (Fsp3) is 0.294. The van der Waals surface area contributed by atoms with Crippen molar-refractivity contribution in [3.8, 4) is 17.4 Å². The van der Waals surface area contributed by atoms with Crippen LogP contribution in [-0.2, 0) is 4.79 Å². The maximum atomic E-state index is 11.7. The summed E-state index contributed by atoms with van der Waals surface area (Å²) in [6.07, 6.45) is 2.11. The average molecular weight is 388 g/mol. The lowest BCUT2D eigenvalue weighted by Crippen LogP contribution is -2.34. The molecular formula is C17H23Cl2N3O3. The van der Waals surface area contributed by atoms with Crippen molar-refractivity contribution in [2.24, 2.45) is 5.73 Å². The normalized spacial score (nSPS) is 10.7. The third-order valence-corrected chi connectivity index (χ3v) is 3.38. The minimum Gasteiger partial charge on any atom is -0.496 e. The minimum absolute atomic E-state index is 0. The Labute approximate surface area is 159 Å². The largest absolute Gasteiger partial charge is 0.496 e. The van der Waals surface area contributed by atoms with E-state index in [-0.39, 0.29) is 30.7 Å². The highest BCUT2D eigenvalue weighted by Crippen LogP contribution is 2.27. The van der Waals surface area contributed by atoms with E-state index in [1.54, 1.807) is 25.3 Å². The van der Waals surface area contributed by atoms with Gasteiger partial charge in [-0.25, -0.2) is 4.98 Å². The van der Waals surface area contributed by atoms with Crippen LogP contribution < -0.4 is 20.5 Å². The van der Waals surface area contributed by atoms with Gasteiger partial charge in [-0.05, 0) is 31.0 Å². The first-order valence-corrected chi connectivity index (χ1v) is 7.38. The molecule has 1 aromatic heterocycles. The molecule has 0 aliphatic rings. The summed E-state index contributed by atoms with van der Waals surface area (Å²) in [6, 6.07) is 8.43. The first kappa shape index (κ1) is 23.0. The zero-order chi connectivity index (χ0) is 16.8. The molecule has 2 rings (SSSR count). The molecule has 0 radical (unpaired) electrons. The number of hydrogen-bond donors (Lipinski definition) is 2. The van der Waals surface area contributed by atoms with E-state index in [2.05, 4.69) is 10.3 Å². The van der Waals surface area contributed by atoms with E-state index in [0.29, 0.717) is 23.7 Å². The van der Waals surface area contributed by atoms with Crippen LogP contribution in [-0.4, -0.2) is 24.0 Å². The molecule has 0 fully saturated rings. The number of hydrogen-bond acceptors (Lipinski definition) is 5. The summed E-state index contributed by atoms with van der Waals surface area (Å²) >= 11 is 0. The first-order chi connectivity index (χ1) is 11.0. The van der Waals surface area contributed by atoms with Crippen LogP contribution in [0.3, 0.4) is 0 Å². The summed E-state index contributed by atoms with van der Waals surface area (Å²) in [5.74, 6) is 1.57. The summed E-state index contributed by atoms with van der Waals surface area (Å²) in [6.45, 7) is 3.81. The fourth-order valence-electron chi connectivity index (χ4n) is 1.92. The van der Waals surface area contributed by atoms with Crippen LogP contribution in [0.25, 0.3) is 0 Å². The molecule has 8 heteroatoms. The number of aromatic nitrogens is 1. The number of benzene rings is 1. The Kier molecular flexibility index (Phi) is 9.89. The Bertz CT molecular complexity index is 681. The van der Waals surface area contributed by atoms with Crippen molar-refractivity contribution in [3.63, 3.8) is 0 Å². The van der Waals surface area contributed by atoms with E-state index < -0.39 is 6.04 Å². The third kappa shape index (κ3) is 6.42. The summed E-state index contributed by atoms with van der Waals surface area (Å²) in [7, 11) is 1.61. The van der Waals surface area contributed by atoms with Crippen molar-refractivity contribution in [3.05, 3.63) is 42.1 Å². The summed E-state index contributed by atoms with van der Waals surface area (Å²) in [5, 5.41) is 2.71. The molecule has 0 bridgehead atoms. The molecule has 138 valence electrons. The molecule has 1 atom stereocenters. The van der Waals surface area contributed by atoms with Crippen molar-refractivity contribution < 1.29 is 14.3 Å². The third-order valence-electron chi connectivity index (χ3n) is 3.38. The lowest BCUT2D eigenvalue weighted by Gasteiger charge is -2.11. The highest BCUT2D eigenvalue weighted by atomic mass is 35.5. The molecule has 0 aliphatic heterocycles. The number of rotatable bonds is 6. The van der Waals surface area contributed by atoms with Gasteiger partial charge < -0.3 is 20.5 Å². The van der Waals surface area contributed by atoms with Gasteiger partial charge in [0.1, 0.15) is 11.5 Å². The molecule has 6 nitrogen and oxygen atoms in total. The van der Waals surface area contributed by atoms with Gasteiger partial charge in [-0.15, -0.1) is 24.8 Å². The second-order valence-electron chi connectivity index (χ2n) is 5.12. The molecule has 1 aromatic carbocycles. The number of nitrogens with one attached hydrogen (secondary N) is 1. The van der Waals surface area contributed by atoms with Crippen molar-refractivity contribution >= 4 is 36.4 Å². The smallest absolute Gasteiger partial charge is 0.241 e. The Balaban J connectivity index is 0.00000288. The molecule has 1 amide bonds. The number of amides is 1. The number of anilines is 1. The zero-order valence-corrected chi connectivity index (χ0v) is 15.9. The second-order valence-corrected chi connectivity index (χ2v) is 5.12. The van der Waals surface area contributed by atoms with Gasteiger partial charge in [-0.1, -0.05) is 13.0 Å². The molecule has 25 heavy (non-hydrogen) atoms. The Morgan fingerprint density at radius 1 is 1.28 bits per heavy atom. The standard InChI is InChI=1S/C17H21N3O3.2ClH/c1-4-14(18)17(21)20-12-6-8-16(19-10-12)23-13-7-5-11(2)15(9-13)22-3;;/h5-10,14H,4,18H2,1-3H3,(H,20,21);2*1H. The second kappa shape index (κ2) is 10.8. The van der Waals surface area contributed by atoms with Gasteiger partial charge in [0.2, 0.25) is 11.8 Å². The molecular weight excluding hydrogens is 365 g/mol. The Morgan fingerprint density at radius 3 is 2.56 bits per heavy atom. The summed E-state index contributed by atoms with van der Waals surface area (Å²) < 4.78 is 10.9. The maximum absolute atomic E-state index is 11.7. The van der Waals surface area contributed by atoms with E-state index in [0.717, 1.165) is 11.3 Å². The summed E-state index contributed by atoms with van der Waals surface area (Å²) in [5.41, 5.74) is 7.27. The zero-order valence-electron chi connectivity index (χ0n) is 14.3. The van der Waals surface area contributed by atoms with Crippen molar-refractivity contribution in [2.75, 3.05) is 12.4 Å². The highest BCUT2D eigenvalue weighted by molar-refractivity contribution is 5.94. The van der Waals surface area contributed by atoms with Crippen LogP contribution in [0.2, 0.25) is 0 Å². The molecule has 0 saturated heterocycles. The number of nitrogens with two attached hydrogens (primary N) is 1. The topological polar surface area (TPSA) is 86.5 Å². The number of carbonyl (C=O) groups is 1. The van der Waals surface area contributed by atoms with Gasteiger partial charge in [-0.3, -0.25) is 4.79 Å². The lowest BCUT2D eigenvalue weighted by molar-refractivity contribution is -0.117. The van der Waals surface area contributed by atoms with Gasteiger partial charge in [0.15, 0.2) is 0 Å². The average Bonchev–Trinajstić information content (AvgIpc) is 2.57. The van der Waals surface area contributed by atoms with Crippen LogP contribution in [0.15, 0.2) is 36.5 Å². The molecule has 1 unspecified atom stereocenters. The van der Waals surface area contributed by atoms with E-state index in [4.69, 9.17) is 15.2 Å². The number of methoxy groups -OCH3 is 1. The lowest BCUT2D eigenvalue weighted by atomic mass is 10.2. The first-order valence-electron chi connectivity index (χ1n) is 7.38. The van der Waals surface area contributed by atoms with Crippen LogP contribution in [0.1, 0.15) is 18.9 Å². The van der Waals surface area contributed by atoms with Crippen LogP contribution >= 0.6 is 24.8 Å².